The molecule has 8 heteroatoms. The van der Waals surface area contributed by atoms with Crippen LogP contribution in [0.25, 0.3) is 0 Å². The first kappa shape index (κ1) is 20.6. The average Bonchev–Trinajstić information content (AvgIpc) is 2.96. The Bertz CT molecular complexity index is 957. The van der Waals surface area contributed by atoms with E-state index in [1.165, 1.54) is 6.07 Å². The van der Waals surface area contributed by atoms with Gasteiger partial charge in [-0.3, -0.25) is 14.5 Å². The fourth-order valence-electron chi connectivity index (χ4n) is 3.19. The molecule has 1 aliphatic heterocycles. The lowest BCUT2D eigenvalue weighted by Crippen LogP contribution is -2.63. The molecule has 0 aliphatic carbocycles. The van der Waals surface area contributed by atoms with Gasteiger partial charge in [-0.1, -0.05) is 55.5 Å². The first-order valence-corrected chi connectivity index (χ1v) is 9.13. The molecule has 152 valence electrons. The number of amides is 2. The van der Waals surface area contributed by atoms with Crippen LogP contribution in [0.15, 0.2) is 59.6 Å². The summed E-state index contributed by atoms with van der Waals surface area (Å²) in [5.74, 6) is -2.43. The van der Waals surface area contributed by atoms with Crippen LogP contribution in [0, 0.1) is 6.92 Å². The highest BCUT2D eigenvalue weighted by Crippen LogP contribution is 2.38. The molecule has 3 rings (SSSR count). The van der Waals surface area contributed by atoms with Crippen LogP contribution in [0.5, 0.6) is 0 Å². The van der Waals surface area contributed by atoms with Gasteiger partial charge < -0.3 is 5.32 Å². The van der Waals surface area contributed by atoms with Crippen molar-refractivity contribution in [3.63, 3.8) is 0 Å². The Balaban J connectivity index is 2.11. The van der Waals surface area contributed by atoms with Crippen LogP contribution < -0.4 is 5.32 Å². The van der Waals surface area contributed by atoms with Crippen LogP contribution in [0.4, 0.5) is 13.2 Å². The molecule has 1 N–H and O–H groups in total. The topological polar surface area (TPSA) is 61.8 Å². The van der Waals surface area contributed by atoms with Gasteiger partial charge in [-0.25, -0.2) is 4.99 Å². The molecule has 29 heavy (non-hydrogen) atoms. The quantitative estimate of drug-likeness (QED) is 0.828. The number of amidine groups is 1. The van der Waals surface area contributed by atoms with E-state index in [4.69, 9.17) is 0 Å². The number of benzene rings is 2. The Morgan fingerprint density at radius 1 is 1.10 bits per heavy atom. The van der Waals surface area contributed by atoms with E-state index >= 15 is 0 Å². The van der Waals surface area contributed by atoms with Gasteiger partial charge in [0.15, 0.2) is 0 Å². The third kappa shape index (κ3) is 3.62. The van der Waals surface area contributed by atoms with E-state index in [1.807, 2.05) is 5.32 Å². The number of nitrogens with one attached hydrogen (secondary N) is 1. The lowest BCUT2D eigenvalue weighted by Gasteiger charge is -2.29. The van der Waals surface area contributed by atoms with Gasteiger partial charge in [0.1, 0.15) is 5.84 Å². The number of hydrogen-bond donors (Lipinski definition) is 1. The first-order valence-electron chi connectivity index (χ1n) is 9.13. The maximum atomic E-state index is 14.2. The molecule has 2 aromatic rings. The summed E-state index contributed by atoms with van der Waals surface area (Å²) in [6.45, 7) is 3.40. The van der Waals surface area contributed by atoms with Crippen molar-refractivity contribution in [2.24, 2.45) is 4.99 Å². The van der Waals surface area contributed by atoms with E-state index in [0.29, 0.717) is 17.5 Å². The largest absolute Gasteiger partial charge is 0.442 e. The number of hydrogen-bond acceptors (Lipinski definition) is 3. The number of nitrogens with zero attached hydrogens (tertiary/aromatic N) is 2. The van der Waals surface area contributed by atoms with E-state index in [2.05, 4.69) is 4.99 Å². The standard InChI is InChI=1S/C21H20F3N3O2/c1-3-13-27-17(15-10-5-4-6-11-15)25-20(19(27)29,21(22,23)24)26-18(28)16-12-8-7-9-14(16)2/h4-12H,3,13H2,1-2H3,(H,26,28)/t20-/m0/s1. The van der Waals surface area contributed by atoms with Crippen LogP contribution in [0.1, 0.15) is 34.8 Å². The Kier molecular flexibility index (Phi) is 5.46. The maximum Gasteiger partial charge on any atom is 0.442 e. The summed E-state index contributed by atoms with van der Waals surface area (Å²) in [4.78, 5) is 30.4. The Morgan fingerprint density at radius 3 is 2.31 bits per heavy atom. The summed E-state index contributed by atoms with van der Waals surface area (Å²) in [6.07, 6.45) is -4.69. The molecule has 0 fully saturated rings. The summed E-state index contributed by atoms with van der Waals surface area (Å²) >= 11 is 0. The second-order valence-electron chi connectivity index (χ2n) is 6.74. The second kappa shape index (κ2) is 7.69. The van der Waals surface area contributed by atoms with Gasteiger partial charge in [0.25, 0.3) is 11.8 Å². The smallest absolute Gasteiger partial charge is 0.312 e. The third-order valence-electron chi connectivity index (χ3n) is 4.66. The second-order valence-corrected chi connectivity index (χ2v) is 6.74. The van der Waals surface area contributed by atoms with Gasteiger partial charge in [-0.2, -0.15) is 13.2 Å². The zero-order valence-electron chi connectivity index (χ0n) is 16.0. The Hall–Kier alpha value is -3.16. The molecular weight excluding hydrogens is 383 g/mol. The van der Waals surface area contributed by atoms with E-state index in [0.717, 1.165) is 4.90 Å². The summed E-state index contributed by atoms with van der Waals surface area (Å²) < 4.78 is 42.5. The monoisotopic (exact) mass is 403 g/mol. The first-order chi connectivity index (χ1) is 13.7. The number of alkyl halides is 3. The van der Waals surface area contributed by atoms with Crippen LogP contribution in [0.3, 0.4) is 0 Å². The van der Waals surface area contributed by atoms with Crippen molar-refractivity contribution in [3.05, 3.63) is 71.3 Å². The molecule has 1 atom stereocenters. The highest BCUT2D eigenvalue weighted by atomic mass is 19.4. The van der Waals surface area contributed by atoms with Crippen molar-refractivity contribution in [3.8, 4) is 0 Å². The molecule has 0 bridgehead atoms. The van der Waals surface area contributed by atoms with Gasteiger partial charge in [-0.15, -0.1) is 0 Å². The minimum atomic E-state index is -5.12. The molecule has 0 aromatic heterocycles. The number of rotatable bonds is 5. The number of carbonyl (C=O) groups is 2. The Morgan fingerprint density at radius 2 is 1.72 bits per heavy atom. The molecule has 0 saturated carbocycles. The fourth-order valence-corrected chi connectivity index (χ4v) is 3.19. The lowest BCUT2D eigenvalue weighted by molar-refractivity contribution is -0.196. The SMILES string of the molecule is CCCN1C(=O)[C@](NC(=O)c2ccccc2C)(C(F)(F)F)N=C1c1ccccc1. The van der Waals surface area contributed by atoms with Crippen molar-refractivity contribution < 1.29 is 22.8 Å². The highest BCUT2D eigenvalue weighted by Gasteiger charge is 2.67. The molecule has 0 unspecified atom stereocenters. The fraction of sp³-hybridized carbons (Fsp3) is 0.286. The van der Waals surface area contributed by atoms with Gasteiger partial charge in [0.05, 0.1) is 0 Å². The van der Waals surface area contributed by atoms with Crippen molar-refractivity contribution >= 4 is 17.6 Å². The van der Waals surface area contributed by atoms with Gasteiger partial charge in [0.2, 0.25) is 0 Å². The number of carbonyl (C=O) groups excluding carboxylic acids is 2. The molecule has 0 spiro atoms. The zero-order valence-corrected chi connectivity index (χ0v) is 16.0. The van der Waals surface area contributed by atoms with E-state index in [-0.39, 0.29) is 17.9 Å². The zero-order chi connectivity index (χ0) is 21.2. The molecule has 2 aromatic carbocycles. The molecule has 0 saturated heterocycles. The molecule has 5 nitrogen and oxygen atoms in total. The van der Waals surface area contributed by atoms with Crippen molar-refractivity contribution in [2.75, 3.05) is 6.54 Å². The van der Waals surface area contributed by atoms with Gasteiger partial charge in [-0.05, 0) is 25.0 Å². The third-order valence-corrected chi connectivity index (χ3v) is 4.66. The number of aryl methyl sites for hydroxylation is 1. The molecule has 1 heterocycles. The molecule has 0 radical (unpaired) electrons. The summed E-state index contributed by atoms with van der Waals surface area (Å²) in [5, 5.41) is 1.88. The predicted molar refractivity (Wildman–Crippen MR) is 102 cm³/mol. The highest BCUT2D eigenvalue weighted by molar-refractivity contribution is 6.16. The van der Waals surface area contributed by atoms with Gasteiger partial charge in [0, 0.05) is 17.7 Å². The minimum absolute atomic E-state index is 0.0463. The summed E-state index contributed by atoms with van der Waals surface area (Å²) in [7, 11) is 0. The van der Waals surface area contributed by atoms with Crippen LogP contribution in [-0.2, 0) is 4.79 Å². The van der Waals surface area contributed by atoms with Crippen molar-refractivity contribution in [1.82, 2.24) is 10.2 Å². The lowest BCUT2D eigenvalue weighted by atomic mass is 10.1. The van der Waals surface area contributed by atoms with Crippen molar-refractivity contribution in [2.45, 2.75) is 32.1 Å². The number of aliphatic imine (C=N–C) groups is 1. The van der Waals surface area contributed by atoms with E-state index in [1.54, 1.807) is 62.4 Å². The van der Waals surface area contributed by atoms with Crippen molar-refractivity contribution in [1.29, 1.82) is 0 Å². The molecule has 2 amide bonds. The normalized spacial score (nSPS) is 19.3. The Labute approximate surface area is 166 Å². The minimum Gasteiger partial charge on any atom is -0.312 e. The van der Waals surface area contributed by atoms with E-state index in [9.17, 15) is 22.8 Å². The maximum absolute atomic E-state index is 14.2. The van der Waals surface area contributed by atoms with E-state index < -0.39 is 23.7 Å². The van der Waals surface area contributed by atoms with Crippen LogP contribution in [0.2, 0.25) is 0 Å². The molecular formula is C21H20F3N3O2. The number of halogens is 3. The average molecular weight is 403 g/mol. The van der Waals surface area contributed by atoms with Crippen LogP contribution in [-0.4, -0.2) is 40.9 Å². The summed E-state index contributed by atoms with van der Waals surface area (Å²) in [6, 6.07) is 14.4. The van der Waals surface area contributed by atoms with Gasteiger partial charge >= 0.3 is 11.8 Å². The summed E-state index contributed by atoms with van der Waals surface area (Å²) in [5.41, 5.74) is -2.46. The van der Waals surface area contributed by atoms with Crippen LogP contribution >= 0.6 is 0 Å². The molecule has 1 aliphatic rings. The predicted octanol–water partition coefficient (Wildman–Crippen LogP) is 3.68.